The van der Waals surface area contributed by atoms with E-state index in [1.165, 1.54) is 72.3 Å². The third-order valence-corrected chi connectivity index (χ3v) is 10.8. The van der Waals surface area contributed by atoms with Gasteiger partial charge in [-0.15, -0.1) is 0 Å². The van der Waals surface area contributed by atoms with Crippen molar-refractivity contribution in [2.45, 2.75) is 119 Å². The first kappa shape index (κ1) is 34.2. The van der Waals surface area contributed by atoms with Crippen molar-refractivity contribution in [1.82, 2.24) is 0 Å². The van der Waals surface area contributed by atoms with Gasteiger partial charge in [0.2, 0.25) is 0 Å². The number of allylic oxidation sites excluding steroid dienone is 4. The SMILES string of the molecule is CC1C=C(C(C)(C)C)C=C1c1c(C(C)(C)C)cc(-c2ccccc2)c2c1C(Cc1ccc(C(C)(C)C)cc1)c1cc(C(C)(C)C)ccc1-2. The average molecular weight is 635 g/mol. The lowest BCUT2D eigenvalue weighted by Crippen LogP contribution is -2.18. The highest BCUT2D eigenvalue weighted by Gasteiger charge is 2.39. The Morgan fingerprint density at radius 1 is 0.562 bits per heavy atom. The largest absolute Gasteiger partial charge is 0.0735 e. The Balaban J connectivity index is 1.71. The van der Waals surface area contributed by atoms with E-state index in [4.69, 9.17) is 0 Å². The Bertz CT molecular complexity index is 1900. The summed E-state index contributed by atoms with van der Waals surface area (Å²) in [5.41, 5.74) is 18.9. The first-order valence-corrected chi connectivity index (χ1v) is 18.2. The van der Waals surface area contributed by atoms with Crippen LogP contribution in [0.2, 0.25) is 0 Å². The number of fused-ring (bicyclic) bond motifs is 3. The molecule has 0 nitrogen and oxygen atoms in total. The summed E-state index contributed by atoms with van der Waals surface area (Å²) in [5, 5.41) is 0. The Kier molecular flexibility index (Phi) is 8.38. The number of hydrogen-bond donors (Lipinski definition) is 0. The predicted octanol–water partition coefficient (Wildman–Crippen LogP) is 13.6. The molecule has 0 heterocycles. The van der Waals surface area contributed by atoms with Gasteiger partial charge >= 0.3 is 0 Å². The van der Waals surface area contributed by atoms with Crippen LogP contribution in [-0.2, 0) is 22.7 Å². The molecule has 2 atom stereocenters. The number of hydrogen-bond acceptors (Lipinski definition) is 0. The third-order valence-electron chi connectivity index (χ3n) is 10.8. The highest BCUT2D eigenvalue weighted by atomic mass is 14.4. The van der Waals surface area contributed by atoms with E-state index >= 15 is 0 Å². The van der Waals surface area contributed by atoms with Gasteiger partial charge in [0.05, 0.1) is 0 Å². The summed E-state index contributed by atoms with van der Waals surface area (Å²) in [6.45, 7) is 30.7. The lowest BCUT2D eigenvalue weighted by Gasteiger charge is -2.31. The molecule has 0 heteroatoms. The second-order valence-electron chi connectivity index (χ2n) is 18.8. The maximum absolute atomic E-state index is 2.56. The molecule has 2 aliphatic carbocycles. The Labute approximate surface area is 292 Å². The second-order valence-corrected chi connectivity index (χ2v) is 18.8. The van der Waals surface area contributed by atoms with Crippen LogP contribution in [0.25, 0.3) is 27.8 Å². The molecule has 0 spiro atoms. The molecule has 0 saturated carbocycles. The lowest BCUT2D eigenvalue weighted by atomic mass is 9.73. The van der Waals surface area contributed by atoms with Crippen LogP contribution in [0, 0.1) is 11.3 Å². The smallest absolute Gasteiger partial charge is 0.0148 e. The molecular formula is C48H58. The van der Waals surface area contributed by atoms with Crippen LogP contribution in [0.3, 0.4) is 0 Å². The van der Waals surface area contributed by atoms with E-state index in [2.05, 4.69) is 181 Å². The van der Waals surface area contributed by atoms with Crippen LogP contribution in [-0.4, -0.2) is 0 Å². The van der Waals surface area contributed by atoms with Crippen molar-refractivity contribution in [3.8, 4) is 22.3 Å². The summed E-state index contributed by atoms with van der Waals surface area (Å²) in [6, 6.07) is 30.6. The van der Waals surface area contributed by atoms with Gasteiger partial charge in [0.15, 0.2) is 0 Å². The maximum atomic E-state index is 2.56. The van der Waals surface area contributed by atoms with Gasteiger partial charge in [-0.3, -0.25) is 0 Å². The van der Waals surface area contributed by atoms with E-state index in [0.29, 0.717) is 5.92 Å². The molecule has 4 aromatic rings. The molecule has 4 aromatic carbocycles. The van der Waals surface area contributed by atoms with Crippen molar-refractivity contribution in [2.75, 3.05) is 0 Å². The van der Waals surface area contributed by atoms with E-state index in [9.17, 15) is 0 Å². The summed E-state index contributed by atoms with van der Waals surface area (Å²) < 4.78 is 0. The monoisotopic (exact) mass is 634 g/mol. The highest BCUT2D eigenvalue weighted by molar-refractivity contribution is 5.97. The molecule has 2 aliphatic rings. The molecular weight excluding hydrogens is 577 g/mol. The van der Waals surface area contributed by atoms with E-state index in [-0.39, 0.29) is 27.6 Å². The Morgan fingerprint density at radius 3 is 1.71 bits per heavy atom. The fourth-order valence-corrected chi connectivity index (χ4v) is 7.85. The minimum absolute atomic E-state index is 0.0385. The van der Waals surface area contributed by atoms with E-state index in [1.807, 2.05) is 0 Å². The zero-order valence-electron chi connectivity index (χ0n) is 32.0. The predicted molar refractivity (Wildman–Crippen MR) is 210 cm³/mol. The van der Waals surface area contributed by atoms with Crippen LogP contribution < -0.4 is 0 Å². The summed E-state index contributed by atoms with van der Waals surface area (Å²) >= 11 is 0. The van der Waals surface area contributed by atoms with E-state index in [0.717, 1.165) is 6.42 Å². The topological polar surface area (TPSA) is 0 Å². The Morgan fingerprint density at radius 2 is 1.17 bits per heavy atom. The molecule has 250 valence electrons. The number of rotatable bonds is 4. The first-order valence-electron chi connectivity index (χ1n) is 18.2. The van der Waals surface area contributed by atoms with Crippen LogP contribution in [0.15, 0.2) is 96.6 Å². The molecule has 0 aromatic heterocycles. The average Bonchev–Trinajstić information content (AvgIpc) is 3.54. The molecule has 6 rings (SSSR count). The molecule has 0 radical (unpaired) electrons. The standard InChI is InChI=1S/C48H58/c1-30-25-35(47(8,9)10)28-37(30)43-41(48(11,12)13)29-38(32-17-15-14-16-18-32)42-36-24-23-34(46(5,6)7)27-39(36)40(44(42)43)26-31-19-21-33(22-20-31)45(2,3)4/h14-25,27-30,40H,26H2,1-13H3. The van der Waals surface area contributed by atoms with Crippen molar-refractivity contribution in [3.63, 3.8) is 0 Å². The molecule has 0 amide bonds. The first-order chi connectivity index (χ1) is 22.2. The molecule has 0 fully saturated rings. The summed E-state index contributed by atoms with van der Waals surface area (Å²) in [4.78, 5) is 0. The zero-order chi connectivity index (χ0) is 35.0. The van der Waals surface area contributed by atoms with E-state index in [1.54, 1.807) is 0 Å². The maximum Gasteiger partial charge on any atom is 0.0148 e. The molecule has 0 bridgehead atoms. The van der Waals surface area contributed by atoms with Crippen molar-refractivity contribution < 1.29 is 0 Å². The van der Waals surface area contributed by atoms with Crippen molar-refractivity contribution in [2.24, 2.45) is 11.3 Å². The van der Waals surface area contributed by atoms with Gasteiger partial charge < -0.3 is 0 Å². The van der Waals surface area contributed by atoms with Gasteiger partial charge in [-0.05, 0) is 106 Å². The second kappa shape index (κ2) is 11.8. The molecule has 0 saturated heterocycles. The Hall–Kier alpha value is -3.64. The quantitative estimate of drug-likeness (QED) is 0.209. The van der Waals surface area contributed by atoms with Gasteiger partial charge in [-0.1, -0.05) is 175 Å². The lowest BCUT2D eigenvalue weighted by molar-refractivity contribution is 0.516. The van der Waals surface area contributed by atoms with Crippen LogP contribution in [0.5, 0.6) is 0 Å². The normalized spacial score (nSPS) is 18.0. The fourth-order valence-electron chi connectivity index (χ4n) is 7.85. The molecule has 48 heavy (non-hydrogen) atoms. The van der Waals surface area contributed by atoms with Crippen LogP contribution in [0.1, 0.15) is 135 Å². The minimum Gasteiger partial charge on any atom is -0.0735 e. The van der Waals surface area contributed by atoms with Gasteiger partial charge in [-0.25, -0.2) is 0 Å². The van der Waals surface area contributed by atoms with Crippen LogP contribution >= 0.6 is 0 Å². The minimum atomic E-state index is -0.0385. The molecule has 0 N–H and O–H groups in total. The molecule has 0 aliphatic heterocycles. The molecule has 2 unspecified atom stereocenters. The van der Waals surface area contributed by atoms with Gasteiger partial charge in [-0.2, -0.15) is 0 Å². The van der Waals surface area contributed by atoms with Gasteiger partial charge in [0, 0.05) is 11.8 Å². The highest BCUT2D eigenvalue weighted by Crippen LogP contribution is 2.57. The van der Waals surface area contributed by atoms with Crippen molar-refractivity contribution in [3.05, 3.63) is 136 Å². The summed E-state index contributed by atoms with van der Waals surface area (Å²) in [5.74, 6) is 0.608. The third kappa shape index (κ3) is 6.29. The van der Waals surface area contributed by atoms with Crippen molar-refractivity contribution >= 4 is 5.57 Å². The van der Waals surface area contributed by atoms with Gasteiger partial charge in [0.25, 0.3) is 0 Å². The number of benzene rings is 4. The van der Waals surface area contributed by atoms with Crippen molar-refractivity contribution in [1.29, 1.82) is 0 Å². The van der Waals surface area contributed by atoms with Crippen LogP contribution in [0.4, 0.5) is 0 Å². The fraction of sp³-hybridized carbons (Fsp3) is 0.417. The summed E-state index contributed by atoms with van der Waals surface area (Å²) in [6.07, 6.45) is 6.06. The van der Waals surface area contributed by atoms with Gasteiger partial charge in [0.1, 0.15) is 0 Å². The summed E-state index contributed by atoms with van der Waals surface area (Å²) in [7, 11) is 0. The zero-order valence-corrected chi connectivity index (χ0v) is 32.0. The van der Waals surface area contributed by atoms with E-state index < -0.39 is 0 Å².